The van der Waals surface area contributed by atoms with Crippen molar-refractivity contribution in [3.63, 3.8) is 0 Å². The fourth-order valence-corrected chi connectivity index (χ4v) is 2.54. The number of nitrogens with one attached hydrogen (secondary N) is 1. The lowest BCUT2D eigenvalue weighted by molar-refractivity contribution is -0.123. The van der Waals surface area contributed by atoms with Crippen LogP contribution in [-0.4, -0.2) is 36.0 Å². The Morgan fingerprint density at radius 2 is 1.95 bits per heavy atom. The Morgan fingerprint density at radius 3 is 2.55 bits per heavy atom. The second kappa shape index (κ2) is 10.1. The van der Waals surface area contributed by atoms with Crippen LogP contribution >= 0.6 is 24.8 Å². The molecule has 1 aliphatic rings. The molecule has 1 aromatic carbocycles. The van der Waals surface area contributed by atoms with Gasteiger partial charge in [0.05, 0.1) is 6.04 Å². The van der Waals surface area contributed by atoms with Gasteiger partial charge in [0.25, 0.3) is 0 Å². The molecule has 3 N–H and O–H groups in total. The van der Waals surface area contributed by atoms with Crippen LogP contribution in [0.1, 0.15) is 25.8 Å². The van der Waals surface area contributed by atoms with Crippen molar-refractivity contribution in [2.75, 3.05) is 13.1 Å². The minimum atomic E-state index is -0.404. The quantitative estimate of drug-likeness (QED) is 0.858. The molecule has 1 aliphatic heterocycles. The summed E-state index contributed by atoms with van der Waals surface area (Å²) in [6.45, 7) is 6.83. The molecule has 6 heteroatoms. The molecule has 1 heterocycles. The Hall–Kier alpha value is -0.810. The van der Waals surface area contributed by atoms with Gasteiger partial charge in [-0.25, -0.2) is 0 Å². The highest BCUT2D eigenvalue weighted by molar-refractivity contribution is 5.85. The molecule has 22 heavy (non-hydrogen) atoms. The molecule has 1 saturated heterocycles. The van der Waals surface area contributed by atoms with Crippen LogP contribution in [0.4, 0.5) is 0 Å². The summed E-state index contributed by atoms with van der Waals surface area (Å²) in [4.78, 5) is 14.3. The van der Waals surface area contributed by atoms with Crippen LogP contribution in [0.2, 0.25) is 0 Å². The molecular weight excluding hydrogens is 321 g/mol. The van der Waals surface area contributed by atoms with Crippen LogP contribution in [0.3, 0.4) is 0 Å². The summed E-state index contributed by atoms with van der Waals surface area (Å²) in [5.74, 6) is 0.156. The van der Waals surface area contributed by atoms with E-state index in [0.717, 1.165) is 26.1 Å². The molecule has 0 radical (unpaired) electrons. The standard InChI is InChI=1S/C16H25N3O.2ClH/c1-12(2)15(17)16(20)18-14-8-9-19(11-14)10-13-6-4-3-5-7-13;;/h3-7,12,14-15H,8-11,17H2,1-2H3,(H,18,20);2*1H. The second-order valence-corrected chi connectivity index (χ2v) is 5.98. The summed E-state index contributed by atoms with van der Waals surface area (Å²) in [5.41, 5.74) is 7.19. The van der Waals surface area contributed by atoms with Crippen LogP contribution in [0.25, 0.3) is 0 Å². The average Bonchev–Trinajstić information content (AvgIpc) is 2.86. The minimum absolute atomic E-state index is 0. The van der Waals surface area contributed by atoms with Gasteiger partial charge in [-0.3, -0.25) is 9.69 Å². The van der Waals surface area contributed by atoms with Gasteiger partial charge in [0.1, 0.15) is 0 Å². The summed E-state index contributed by atoms with van der Waals surface area (Å²) < 4.78 is 0. The van der Waals surface area contributed by atoms with E-state index in [1.54, 1.807) is 0 Å². The number of carbonyl (C=O) groups excluding carboxylic acids is 1. The Morgan fingerprint density at radius 1 is 1.32 bits per heavy atom. The molecule has 1 amide bonds. The van der Waals surface area contributed by atoms with E-state index in [1.807, 2.05) is 19.9 Å². The van der Waals surface area contributed by atoms with Gasteiger partial charge in [-0.05, 0) is 17.9 Å². The highest BCUT2D eigenvalue weighted by Gasteiger charge is 2.26. The molecule has 1 aromatic rings. The molecular formula is C16H27Cl2N3O. The van der Waals surface area contributed by atoms with E-state index in [2.05, 4.69) is 34.5 Å². The van der Waals surface area contributed by atoms with Crippen molar-refractivity contribution in [3.05, 3.63) is 35.9 Å². The lowest BCUT2D eigenvalue weighted by Gasteiger charge is -2.20. The molecule has 0 bridgehead atoms. The van der Waals surface area contributed by atoms with E-state index < -0.39 is 6.04 Å². The highest BCUT2D eigenvalue weighted by atomic mass is 35.5. The third-order valence-electron chi connectivity index (χ3n) is 3.89. The van der Waals surface area contributed by atoms with Crippen molar-refractivity contribution in [1.29, 1.82) is 0 Å². The third-order valence-corrected chi connectivity index (χ3v) is 3.89. The van der Waals surface area contributed by atoms with Gasteiger partial charge in [0, 0.05) is 25.7 Å². The van der Waals surface area contributed by atoms with Crippen molar-refractivity contribution in [2.45, 2.75) is 38.9 Å². The predicted molar refractivity (Wildman–Crippen MR) is 95.6 cm³/mol. The number of nitrogens with zero attached hydrogens (tertiary/aromatic N) is 1. The molecule has 0 saturated carbocycles. The van der Waals surface area contributed by atoms with Gasteiger partial charge in [0.15, 0.2) is 0 Å². The van der Waals surface area contributed by atoms with Crippen LogP contribution < -0.4 is 11.1 Å². The van der Waals surface area contributed by atoms with E-state index in [9.17, 15) is 4.79 Å². The zero-order chi connectivity index (χ0) is 14.5. The maximum Gasteiger partial charge on any atom is 0.237 e. The largest absolute Gasteiger partial charge is 0.351 e. The molecule has 0 aromatic heterocycles. The van der Waals surface area contributed by atoms with Crippen molar-refractivity contribution >= 4 is 30.7 Å². The van der Waals surface area contributed by atoms with Crippen LogP contribution in [0, 0.1) is 5.92 Å². The first-order valence-corrected chi connectivity index (χ1v) is 7.38. The van der Waals surface area contributed by atoms with Gasteiger partial charge in [0.2, 0.25) is 5.91 Å². The fraction of sp³-hybridized carbons (Fsp3) is 0.562. The van der Waals surface area contributed by atoms with E-state index >= 15 is 0 Å². The molecule has 0 aliphatic carbocycles. The van der Waals surface area contributed by atoms with Crippen LogP contribution in [0.15, 0.2) is 30.3 Å². The number of carbonyl (C=O) groups is 1. The topological polar surface area (TPSA) is 58.4 Å². The first-order valence-electron chi connectivity index (χ1n) is 7.38. The number of amides is 1. The molecule has 1 fully saturated rings. The van der Waals surface area contributed by atoms with E-state index in [1.165, 1.54) is 5.56 Å². The Balaban J connectivity index is 0.00000220. The maximum absolute atomic E-state index is 12.0. The number of benzene rings is 1. The average molecular weight is 348 g/mol. The number of likely N-dealkylation sites (tertiary alicyclic amines) is 1. The SMILES string of the molecule is CC(C)C(N)C(=O)NC1CCN(Cc2ccccc2)C1.Cl.Cl. The summed E-state index contributed by atoms with van der Waals surface area (Å²) in [6.07, 6.45) is 1.00. The van der Waals surface area contributed by atoms with E-state index in [0.29, 0.717) is 0 Å². The Bertz CT molecular complexity index is 442. The Labute approximate surface area is 145 Å². The number of halogens is 2. The summed E-state index contributed by atoms with van der Waals surface area (Å²) >= 11 is 0. The molecule has 126 valence electrons. The van der Waals surface area contributed by atoms with E-state index in [-0.39, 0.29) is 42.7 Å². The van der Waals surface area contributed by atoms with Gasteiger partial charge < -0.3 is 11.1 Å². The Kier molecular flexibility index (Phi) is 9.69. The zero-order valence-corrected chi connectivity index (χ0v) is 14.8. The lowest BCUT2D eigenvalue weighted by Crippen LogP contribution is -2.48. The molecule has 4 nitrogen and oxygen atoms in total. The highest BCUT2D eigenvalue weighted by Crippen LogP contribution is 2.13. The molecule has 2 rings (SSSR count). The van der Waals surface area contributed by atoms with Crippen LogP contribution in [-0.2, 0) is 11.3 Å². The number of hydrogen-bond donors (Lipinski definition) is 2. The zero-order valence-electron chi connectivity index (χ0n) is 13.2. The summed E-state index contributed by atoms with van der Waals surface area (Å²) in [5, 5.41) is 3.07. The van der Waals surface area contributed by atoms with Crippen molar-refractivity contribution < 1.29 is 4.79 Å². The number of nitrogens with two attached hydrogens (primary N) is 1. The van der Waals surface area contributed by atoms with Gasteiger partial charge >= 0.3 is 0 Å². The van der Waals surface area contributed by atoms with Crippen LogP contribution in [0.5, 0.6) is 0 Å². The van der Waals surface area contributed by atoms with Crippen molar-refractivity contribution in [2.24, 2.45) is 11.7 Å². The van der Waals surface area contributed by atoms with Gasteiger partial charge in [-0.1, -0.05) is 44.2 Å². The normalized spacial score (nSPS) is 19.2. The number of hydrogen-bond acceptors (Lipinski definition) is 3. The fourth-order valence-electron chi connectivity index (χ4n) is 2.54. The molecule has 0 spiro atoms. The first kappa shape index (κ1) is 21.2. The van der Waals surface area contributed by atoms with E-state index in [4.69, 9.17) is 5.73 Å². The summed E-state index contributed by atoms with van der Waals surface area (Å²) in [6, 6.07) is 10.3. The minimum Gasteiger partial charge on any atom is -0.351 e. The van der Waals surface area contributed by atoms with Crippen molar-refractivity contribution in [3.8, 4) is 0 Å². The third kappa shape index (κ3) is 6.13. The lowest BCUT2D eigenvalue weighted by atomic mass is 10.0. The monoisotopic (exact) mass is 347 g/mol. The molecule has 2 unspecified atom stereocenters. The van der Waals surface area contributed by atoms with Gasteiger partial charge in [-0.15, -0.1) is 24.8 Å². The number of rotatable bonds is 5. The molecule has 2 atom stereocenters. The predicted octanol–water partition coefficient (Wildman–Crippen LogP) is 2.20. The summed E-state index contributed by atoms with van der Waals surface area (Å²) in [7, 11) is 0. The first-order chi connectivity index (χ1) is 9.56. The van der Waals surface area contributed by atoms with Crippen molar-refractivity contribution in [1.82, 2.24) is 10.2 Å². The smallest absolute Gasteiger partial charge is 0.237 e. The van der Waals surface area contributed by atoms with Gasteiger partial charge in [-0.2, -0.15) is 0 Å². The maximum atomic E-state index is 12.0. The second-order valence-electron chi connectivity index (χ2n) is 5.98.